The van der Waals surface area contributed by atoms with E-state index >= 15 is 0 Å². The molecular formula is C6H8N6O3S2. The molecule has 92 valence electrons. The molecule has 11 heteroatoms. The minimum Gasteiger partial charge on any atom is -0.374 e. The van der Waals surface area contributed by atoms with Gasteiger partial charge in [-0.3, -0.25) is 0 Å². The third kappa shape index (κ3) is 2.75. The fourth-order valence-corrected chi connectivity index (χ4v) is 2.77. The second kappa shape index (κ2) is 4.35. The number of sulfonamides is 1. The molecule has 0 amide bonds. The number of nitrogen functional groups attached to an aromatic ring is 1. The molecule has 17 heavy (non-hydrogen) atoms. The largest absolute Gasteiger partial charge is 0.374 e. The van der Waals surface area contributed by atoms with Crippen LogP contribution in [0.1, 0.15) is 11.7 Å². The second-order valence-corrected chi connectivity index (χ2v) is 5.91. The van der Waals surface area contributed by atoms with E-state index in [1.165, 1.54) is 0 Å². The van der Waals surface area contributed by atoms with Gasteiger partial charge >= 0.3 is 0 Å². The van der Waals surface area contributed by atoms with Crippen molar-refractivity contribution < 1.29 is 12.9 Å². The van der Waals surface area contributed by atoms with E-state index in [1.54, 1.807) is 6.92 Å². The van der Waals surface area contributed by atoms with Crippen LogP contribution in [0.3, 0.4) is 0 Å². The normalized spacial score (nSPS) is 11.8. The van der Waals surface area contributed by atoms with Crippen LogP contribution >= 0.6 is 11.3 Å². The van der Waals surface area contributed by atoms with Gasteiger partial charge in [0, 0.05) is 6.92 Å². The van der Waals surface area contributed by atoms with Crippen LogP contribution in [-0.4, -0.2) is 28.8 Å². The molecule has 9 nitrogen and oxygen atoms in total. The van der Waals surface area contributed by atoms with Crippen LogP contribution in [0.5, 0.6) is 0 Å². The number of hydrogen-bond donors (Lipinski definition) is 2. The van der Waals surface area contributed by atoms with Crippen molar-refractivity contribution in [1.82, 2.24) is 25.1 Å². The first kappa shape index (κ1) is 11.9. The molecule has 0 saturated heterocycles. The summed E-state index contributed by atoms with van der Waals surface area (Å²) in [5.74, 6) is 0.600. The van der Waals surface area contributed by atoms with Gasteiger partial charge in [0.2, 0.25) is 15.4 Å². The Kier molecular flexibility index (Phi) is 3.04. The van der Waals surface area contributed by atoms with E-state index in [4.69, 9.17) is 10.3 Å². The third-order valence-electron chi connectivity index (χ3n) is 1.64. The summed E-state index contributed by atoms with van der Waals surface area (Å²) < 4.78 is 30.1. The Morgan fingerprint density at radius 3 is 2.76 bits per heavy atom. The number of nitrogens with one attached hydrogen (secondary N) is 1. The summed E-state index contributed by atoms with van der Waals surface area (Å²) in [6, 6.07) is 0. The molecule has 2 aromatic rings. The molecule has 0 saturated carbocycles. The predicted molar refractivity (Wildman–Crippen MR) is 57.4 cm³/mol. The summed E-state index contributed by atoms with van der Waals surface area (Å²) >= 11 is 0.776. The molecule has 2 aromatic heterocycles. The Morgan fingerprint density at radius 2 is 2.24 bits per heavy atom. The van der Waals surface area contributed by atoms with Gasteiger partial charge in [0.25, 0.3) is 10.0 Å². The van der Waals surface area contributed by atoms with Crippen molar-refractivity contribution in [2.45, 2.75) is 17.8 Å². The number of hydrogen-bond acceptors (Lipinski definition) is 9. The highest BCUT2D eigenvalue weighted by atomic mass is 32.2. The Morgan fingerprint density at radius 1 is 1.47 bits per heavy atom. The summed E-state index contributed by atoms with van der Waals surface area (Å²) in [7, 11) is -3.74. The molecule has 0 aliphatic carbocycles. The highest BCUT2D eigenvalue weighted by Gasteiger charge is 2.20. The number of rotatable bonds is 4. The quantitative estimate of drug-likeness (QED) is 0.747. The summed E-state index contributed by atoms with van der Waals surface area (Å²) in [4.78, 5) is 3.85. The molecule has 2 rings (SSSR count). The SMILES string of the molecule is Cc1nc(CNS(=O)(=O)c2nnc(N)s2)no1. The lowest BCUT2D eigenvalue weighted by Gasteiger charge is -1.98. The van der Waals surface area contributed by atoms with E-state index in [9.17, 15) is 8.42 Å². The van der Waals surface area contributed by atoms with Crippen LogP contribution in [0.25, 0.3) is 0 Å². The van der Waals surface area contributed by atoms with Crippen molar-refractivity contribution in [3.8, 4) is 0 Å². The summed E-state index contributed by atoms with van der Waals surface area (Å²) in [6.45, 7) is 1.52. The zero-order valence-corrected chi connectivity index (χ0v) is 10.2. The van der Waals surface area contributed by atoms with Gasteiger partial charge < -0.3 is 10.3 Å². The molecular weight excluding hydrogens is 268 g/mol. The molecule has 0 fully saturated rings. The monoisotopic (exact) mass is 276 g/mol. The Hall–Kier alpha value is -1.59. The van der Waals surface area contributed by atoms with Gasteiger partial charge in [-0.15, -0.1) is 10.2 Å². The molecule has 0 bridgehead atoms. The van der Waals surface area contributed by atoms with E-state index in [0.29, 0.717) is 5.89 Å². The average Bonchev–Trinajstić information content (AvgIpc) is 2.85. The molecule has 0 aliphatic heterocycles. The summed E-state index contributed by atoms with van der Waals surface area (Å²) in [5, 5.41) is 10.5. The van der Waals surface area contributed by atoms with Crippen LogP contribution in [0.4, 0.5) is 5.13 Å². The summed E-state index contributed by atoms with van der Waals surface area (Å²) in [6.07, 6.45) is 0. The Labute approximate surface area is 100 Å². The van der Waals surface area contributed by atoms with Crippen molar-refractivity contribution in [1.29, 1.82) is 0 Å². The lowest BCUT2D eigenvalue weighted by Crippen LogP contribution is -2.23. The van der Waals surface area contributed by atoms with Crippen molar-refractivity contribution in [2.75, 3.05) is 5.73 Å². The number of nitrogens with two attached hydrogens (primary N) is 1. The van der Waals surface area contributed by atoms with E-state index in [0.717, 1.165) is 11.3 Å². The number of anilines is 1. The van der Waals surface area contributed by atoms with E-state index in [2.05, 4.69) is 25.1 Å². The highest BCUT2D eigenvalue weighted by molar-refractivity contribution is 7.91. The lowest BCUT2D eigenvalue weighted by atomic mass is 10.6. The average molecular weight is 276 g/mol. The standard InChI is InChI=1S/C6H8N6O3S2/c1-3-9-4(12-15-3)2-8-17(13,14)6-11-10-5(7)16-6/h8H,2H2,1H3,(H2,7,10). The first-order valence-electron chi connectivity index (χ1n) is 4.35. The Balaban J connectivity index is 2.08. The number of nitrogens with zero attached hydrogens (tertiary/aromatic N) is 4. The van der Waals surface area contributed by atoms with E-state index in [1.807, 2.05) is 0 Å². The van der Waals surface area contributed by atoms with Crippen molar-refractivity contribution >= 4 is 26.5 Å². The molecule has 0 aromatic carbocycles. The third-order valence-corrected chi connectivity index (χ3v) is 4.16. The second-order valence-electron chi connectivity index (χ2n) is 2.96. The fraction of sp³-hybridized carbons (Fsp3) is 0.333. The minimum atomic E-state index is -3.74. The van der Waals surface area contributed by atoms with Crippen molar-refractivity contribution in [3.05, 3.63) is 11.7 Å². The van der Waals surface area contributed by atoms with Crippen molar-refractivity contribution in [3.63, 3.8) is 0 Å². The highest BCUT2D eigenvalue weighted by Crippen LogP contribution is 2.16. The van der Waals surface area contributed by atoms with Gasteiger partial charge in [-0.2, -0.15) is 4.98 Å². The molecule has 3 N–H and O–H groups in total. The van der Waals surface area contributed by atoms with Crippen LogP contribution in [0, 0.1) is 6.92 Å². The van der Waals surface area contributed by atoms with E-state index < -0.39 is 10.0 Å². The van der Waals surface area contributed by atoms with Gasteiger partial charge in [0.05, 0.1) is 6.54 Å². The molecule has 0 unspecified atom stereocenters. The molecule has 0 spiro atoms. The van der Waals surface area contributed by atoms with Crippen LogP contribution in [0.15, 0.2) is 8.86 Å². The minimum absolute atomic E-state index is 0.0841. The maximum atomic E-state index is 11.7. The topological polar surface area (TPSA) is 137 Å². The smallest absolute Gasteiger partial charge is 0.270 e. The molecule has 2 heterocycles. The maximum absolute atomic E-state index is 11.7. The first-order valence-corrected chi connectivity index (χ1v) is 6.65. The van der Waals surface area contributed by atoms with Gasteiger partial charge in [0.1, 0.15) is 0 Å². The lowest BCUT2D eigenvalue weighted by molar-refractivity contribution is 0.387. The van der Waals surface area contributed by atoms with Crippen LogP contribution in [-0.2, 0) is 16.6 Å². The summed E-state index contributed by atoms with van der Waals surface area (Å²) in [5.41, 5.74) is 5.30. The van der Waals surface area contributed by atoms with Crippen LogP contribution < -0.4 is 10.5 Å². The number of aryl methyl sites for hydroxylation is 1. The van der Waals surface area contributed by atoms with Gasteiger partial charge in [-0.05, 0) is 0 Å². The van der Waals surface area contributed by atoms with Crippen LogP contribution in [0.2, 0.25) is 0 Å². The fourth-order valence-electron chi connectivity index (χ4n) is 0.963. The van der Waals surface area contributed by atoms with Crippen molar-refractivity contribution in [2.24, 2.45) is 0 Å². The first-order chi connectivity index (χ1) is 7.97. The Bertz CT molecular complexity index is 617. The zero-order chi connectivity index (χ0) is 12.5. The van der Waals surface area contributed by atoms with Gasteiger partial charge in [-0.1, -0.05) is 16.5 Å². The zero-order valence-electron chi connectivity index (χ0n) is 8.61. The van der Waals surface area contributed by atoms with Gasteiger partial charge in [-0.25, -0.2) is 13.1 Å². The number of aromatic nitrogens is 4. The predicted octanol–water partition coefficient (Wildman–Crippen LogP) is -0.710. The molecule has 0 radical (unpaired) electrons. The maximum Gasteiger partial charge on any atom is 0.270 e. The van der Waals surface area contributed by atoms with E-state index in [-0.39, 0.29) is 21.8 Å². The van der Waals surface area contributed by atoms with Gasteiger partial charge in [0.15, 0.2) is 5.82 Å². The molecule has 0 atom stereocenters. The molecule has 0 aliphatic rings.